The first-order valence-corrected chi connectivity index (χ1v) is 6.13. The van der Waals surface area contributed by atoms with E-state index < -0.39 is 5.97 Å². The van der Waals surface area contributed by atoms with Crippen molar-refractivity contribution in [2.24, 2.45) is 0 Å². The van der Waals surface area contributed by atoms with Crippen LogP contribution in [0.1, 0.15) is 30.2 Å². The van der Waals surface area contributed by atoms with Crippen molar-refractivity contribution < 1.29 is 9.53 Å². The minimum atomic E-state index is -0.498. The van der Waals surface area contributed by atoms with Gasteiger partial charge in [-0.1, -0.05) is 6.92 Å². The lowest BCUT2D eigenvalue weighted by Crippen LogP contribution is -2.09. The molecular formula is C13H16N4O2. The lowest BCUT2D eigenvalue weighted by atomic mass is 10.3. The molecule has 0 aliphatic carbocycles. The predicted octanol–water partition coefficient (Wildman–Crippen LogP) is 1.59. The molecule has 6 nitrogen and oxygen atoms in total. The molecule has 0 aliphatic heterocycles. The van der Waals surface area contributed by atoms with E-state index >= 15 is 0 Å². The highest BCUT2D eigenvalue weighted by molar-refractivity contribution is 5.92. The van der Waals surface area contributed by atoms with Gasteiger partial charge in [-0.2, -0.15) is 0 Å². The third-order valence-electron chi connectivity index (χ3n) is 2.69. The summed E-state index contributed by atoms with van der Waals surface area (Å²) in [5.41, 5.74) is 7.01. The third kappa shape index (κ3) is 2.42. The Morgan fingerprint density at radius 3 is 2.63 bits per heavy atom. The molecular weight excluding hydrogens is 244 g/mol. The summed E-state index contributed by atoms with van der Waals surface area (Å²) in [6.45, 7) is 3.99. The molecule has 2 N–H and O–H groups in total. The average molecular weight is 260 g/mol. The van der Waals surface area contributed by atoms with Crippen LogP contribution in [0.2, 0.25) is 0 Å². The molecule has 0 bridgehead atoms. The molecule has 2 aromatic heterocycles. The van der Waals surface area contributed by atoms with Crippen LogP contribution in [0.3, 0.4) is 0 Å². The molecule has 0 spiro atoms. The van der Waals surface area contributed by atoms with Crippen molar-refractivity contribution in [3.63, 3.8) is 0 Å². The van der Waals surface area contributed by atoms with Crippen molar-refractivity contribution in [1.82, 2.24) is 14.5 Å². The van der Waals surface area contributed by atoms with E-state index in [0.717, 1.165) is 5.69 Å². The van der Waals surface area contributed by atoms with Crippen molar-refractivity contribution in [1.29, 1.82) is 0 Å². The summed E-state index contributed by atoms with van der Waals surface area (Å²) < 4.78 is 6.69. The van der Waals surface area contributed by atoms with Gasteiger partial charge >= 0.3 is 5.97 Å². The Balaban J connectivity index is 2.52. The number of carbonyl (C=O) groups excluding carboxylic acids is 1. The zero-order valence-corrected chi connectivity index (χ0v) is 11.0. The highest BCUT2D eigenvalue weighted by Crippen LogP contribution is 2.21. The van der Waals surface area contributed by atoms with Crippen molar-refractivity contribution >= 4 is 11.8 Å². The number of nitrogens with two attached hydrogens (primary N) is 1. The maximum absolute atomic E-state index is 11.8. The van der Waals surface area contributed by atoms with Crippen molar-refractivity contribution in [2.45, 2.75) is 20.3 Å². The molecule has 0 fully saturated rings. The molecule has 0 atom stereocenters. The Morgan fingerprint density at radius 2 is 2.05 bits per heavy atom. The summed E-state index contributed by atoms with van der Waals surface area (Å²) >= 11 is 0. The highest BCUT2D eigenvalue weighted by Gasteiger charge is 2.21. The number of hydrogen-bond donors (Lipinski definition) is 1. The zero-order valence-electron chi connectivity index (χ0n) is 11.0. The lowest BCUT2D eigenvalue weighted by molar-refractivity contribution is 0.0521. The van der Waals surface area contributed by atoms with Crippen molar-refractivity contribution in [2.75, 3.05) is 12.3 Å². The van der Waals surface area contributed by atoms with Gasteiger partial charge in [0.1, 0.15) is 11.6 Å². The Kier molecular flexibility index (Phi) is 3.79. The van der Waals surface area contributed by atoms with Gasteiger partial charge in [-0.25, -0.2) is 9.78 Å². The van der Waals surface area contributed by atoms with Crippen molar-refractivity contribution in [3.05, 3.63) is 36.0 Å². The van der Waals surface area contributed by atoms with E-state index in [4.69, 9.17) is 10.5 Å². The first kappa shape index (κ1) is 13.1. The second-order valence-corrected chi connectivity index (χ2v) is 3.88. The number of pyridine rings is 1. The smallest absolute Gasteiger partial charge is 0.360 e. The van der Waals surface area contributed by atoms with Crippen LogP contribution in [-0.2, 0) is 11.2 Å². The summed E-state index contributed by atoms with van der Waals surface area (Å²) in [6, 6.07) is 3.62. The van der Waals surface area contributed by atoms with Crippen LogP contribution in [0.4, 0.5) is 5.82 Å². The Labute approximate surface area is 111 Å². The minimum Gasteiger partial charge on any atom is -0.461 e. The summed E-state index contributed by atoms with van der Waals surface area (Å²) in [5, 5.41) is 0. The number of nitrogens with zero attached hydrogens (tertiary/aromatic N) is 3. The summed E-state index contributed by atoms with van der Waals surface area (Å²) in [5.74, 6) is 0.510. The van der Waals surface area contributed by atoms with E-state index in [0.29, 0.717) is 24.7 Å². The molecule has 2 rings (SSSR count). The number of aromatic nitrogens is 3. The number of rotatable bonds is 4. The van der Waals surface area contributed by atoms with Gasteiger partial charge in [0.05, 0.1) is 12.3 Å². The van der Waals surface area contributed by atoms with E-state index in [-0.39, 0.29) is 5.69 Å². The molecule has 2 aromatic rings. The minimum absolute atomic E-state index is 0.163. The molecule has 0 aromatic carbocycles. The monoisotopic (exact) mass is 260 g/mol. The maximum atomic E-state index is 11.8. The Morgan fingerprint density at radius 1 is 1.37 bits per heavy atom. The SMILES string of the molecule is CCOC(=O)c1nc(CC)n(-c2ccncc2)c1N. The summed E-state index contributed by atoms with van der Waals surface area (Å²) in [7, 11) is 0. The van der Waals surface area contributed by atoms with Crippen LogP contribution in [0.25, 0.3) is 5.69 Å². The van der Waals surface area contributed by atoms with Crippen LogP contribution in [0, 0.1) is 0 Å². The molecule has 2 heterocycles. The van der Waals surface area contributed by atoms with Crippen LogP contribution < -0.4 is 5.73 Å². The number of aryl methyl sites for hydroxylation is 1. The number of hydrogen-bond acceptors (Lipinski definition) is 5. The number of nitrogen functional groups attached to an aromatic ring is 1. The van der Waals surface area contributed by atoms with Crippen LogP contribution >= 0.6 is 0 Å². The zero-order chi connectivity index (χ0) is 13.8. The molecule has 0 unspecified atom stereocenters. The van der Waals surface area contributed by atoms with Crippen LogP contribution in [0.5, 0.6) is 0 Å². The molecule has 100 valence electrons. The van der Waals surface area contributed by atoms with Gasteiger partial charge in [-0.05, 0) is 19.1 Å². The fraction of sp³-hybridized carbons (Fsp3) is 0.308. The fourth-order valence-electron chi connectivity index (χ4n) is 1.85. The first-order valence-electron chi connectivity index (χ1n) is 6.13. The Hall–Kier alpha value is -2.37. The topological polar surface area (TPSA) is 83.0 Å². The van der Waals surface area contributed by atoms with Gasteiger partial charge in [0.25, 0.3) is 0 Å². The number of carbonyl (C=O) groups is 1. The van der Waals surface area contributed by atoms with Gasteiger partial charge < -0.3 is 10.5 Å². The molecule has 0 saturated carbocycles. The second-order valence-electron chi connectivity index (χ2n) is 3.88. The molecule has 0 radical (unpaired) electrons. The highest BCUT2D eigenvalue weighted by atomic mass is 16.5. The van der Waals surface area contributed by atoms with Gasteiger partial charge in [0, 0.05) is 18.8 Å². The van der Waals surface area contributed by atoms with E-state index in [1.165, 1.54) is 0 Å². The average Bonchev–Trinajstić information content (AvgIpc) is 2.77. The number of esters is 1. The molecule has 0 saturated heterocycles. The lowest BCUT2D eigenvalue weighted by Gasteiger charge is -2.08. The number of imidazole rings is 1. The third-order valence-corrected chi connectivity index (χ3v) is 2.69. The van der Waals surface area contributed by atoms with Crippen molar-refractivity contribution in [3.8, 4) is 5.69 Å². The first-order chi connectivity index (χ1) is 9.19. The summed E-state index contributed by atoms with van der Waals surface area (Å²) in [4.78, 5) is 20.0. The van der Waals surface area contributed by atoms with Gasteiger partial charge in [0.2, 0.25) is 0 Å². The largest absolute Gasteiger partial charge is 0.461 e. The number of anilines is 1. The Bertz CT molecular complexity index is 578. The molecule has 19 heavy (non-hydrogen) atoms. The molecule has 0 aliphatic rings. The predicted molar refractivity (Wildman–Crippen MR) is 71.1 cm³/mol. The van der Waals surface area contributed by atoms with E-state index in [1.54, 1.807) is 23.9 Å². The fourth-order valence-corrected chi connectivity index (χ4v) is 1.85. The molecule has 6 heteroatoms. The second kappa shape index (κ2) is 5.51. The van der Waals surface area contributed by atoms with E-state index in [2.05, 4.69) is 9.97 Å². The van der Waals surface area contributed by atoms with Crippen LogP contribution in [0.15, 0.2) is 24.5 Å². The standard InChI is InChI=1S/C13H16N4O2/c1-3-10-16-11(13(18)19-4-2)12(14)17(10)9-5-7-15-8-6-9/h5-8H,3-4,14H2,1-2H3. The summed E-state index contributed by atoms with van der Waals surface area (Å²) in [6.07, 6.45) is 3.99. The quantitative estimate of drug-likeness (QED) is 0.844. The number of ether oxygens (including phenoxy) is 1. The van der Waals surface area contributed by atoms with E-state index in [9.17, 15) is 4.79 Å². The van der Waals surface area contributed by atoms with Crippen LogP contribution in [-0.4, -0.2) is 27.1 Å². The van der Waals surface area contributed by atoms with E-state index in [1.807, 2.05) is 19.1 Å². The van der Waals surface area contributed by atoms with Gasteiger partial charge in [-0.15, -0.1) is 0 Å². The maximum Gasteiger partial charge on any atom is 0.360 e. The normalized spacial score (nSPS) is 10.4. The molecule has 0 amide bonds. The van der Waals surface area contributed by atoms with Gasteiger partial charge in [0.15, 0.2) is 5.69 Å². The van der Waals surface area contributed by atoms with Gasteiger partial charge in [-0.3, -0.25) is 9.55 Å².